The van der Waals surface area contributed by atoms with E-state index in [-0.39, 0.29) is 16.6 Å². The first kappa shape index (κ1) is 25.8. The highest BCUT2D eigenvalue weighted by Crippen LogP contribution is 2.40. The van der Waals surface area contributed by atoms with E-state index in [9.17, 15) is 5.11 Å². The lowest BCUT2D eigenvalue weighted by atomic mass is 9.82. The fraction of sp³-hybridized carbons (Fsp3) is 0.222. The third-order valence-electron chi connectivity index (χ3n) is 7.53. The second kappa shape index (κ2) is 9.34. The molecule has 0 bridgehead atoms. The van der Waals surface area contributed by atoms with E-state index in [1.54, 1.807) is 12.1 Å². The number of para-hydroxylation sites is 1. The van der Waals surface area contributed by atoms with Gasteiger partial charge >= 0.3 is 0 Å². The molecule has 2 heterocycles. The summed E-state index contributed by atoms with van der Waals surface area (Å²) in [5, 5.41) is 12.8. The van der Waals surface area contributed by atoms with Crippen molar-refractivity contribution in [3.63, 3.8) is 0 Å². The van der Waals surface area contributed by atoms with Gasteiger partial charge in [-0.25, -0.2) is 4.98 Å². The first-order valence-electron chi connectivity index (χ1n) is 13.7. The molecule has 40 heavy (non-hydrogen) atoms. The van der Waals surface area contributed by atoms with Crippen LogP contribution in [0.25, 0.3) is 55.7 Å². The largest absolute Gasteiger partial charge is 0.507 e. The molecule has 200 valence electrons. The summed E-state index contributed by atoms with van der Waals surface area (Å²) in [6, 6.07) is 28.7. The maximum atomic E-state index is 10.5. The molecular weight excluding hydrogens is 492 g/mol. The highest BCUT2D eigenvalue weighted by molar-refractivity contribution is 5.95. The van der Waals surface area contributed by atoms with Gasteiger partial charge in [0.2, 0.25) is 5.89 Å². The van der Waals surface area contributed by atoms with Crippen LogP contribution >= 0.6 is 0 Å². The second-order valence-electron chi connectivity index (χ2n) is 12.6. The minimum Gasteiger partial charge on any atom is -0.507 e. The van der Waals surface area contributed by atoms with Crippen LogP contribution in [0, 0.1) is 0 Å². The van der Waals surface area contributed by atoms with Crippen molar-refractivity contribution in [1.82, 2.24) is 9.97 Å². The molecule has 0 aliphatic rings. The van der Waals surface area contributed by atoms with Crippen molar-refractivity contribution in [2.24, 2.45) is 0 Å². The minimum atomic E-state index is -0.102. The monoisotopic (exact) mass is 526 g/mol. The number of pyridine rings is 1. The number of rotatable bonds is 3. The Bertz CT molecular complexity index is 1880. The summed E-state index contributed by atoms with van der Waals surface area (Å²) in [5.74, 6) is 0.551. The summed E-state index contributed by atoms with van der Waals surface area (Å²) in [4.78, 5) is 9.78. The van der Waals surface area contributed by atoms with Crippen molar-refractivity contribution in [2.45, 2.75) is 52.4 Å². The summed E-state index contributed by atoms with van der Waals surface area (Å²) < 4.78 is 6.31. The highest BCUT2D eigenvalue weighted by Gasteiger charge is 2.23. The molecule has 0 spiro atoms. The molecule has 0 saturated carbocycles. The zero-order chi connectivity index (χ0) is 28.2. The summed E-state index contributed by atoms with van der Waals surface area (Å²) in [6.45, 7) is 13.3. The lowest BCUT2D eigenvalue weighted by Gasteiger charge is -2.23. The lowest BCUT2D eigenvalue weighted by molar-refractivity contribution is 0.474. The molecule has 0 aliphatic heterocycles. The molecule has 0 aliphatic carbocycles. The van der Waals surface area contributed by atoms with Gasteiger partial charge in [-0.1, -0.05) is 84.0 Å². The van der Waals surface area contributed by atoms with Crippen molar-refractivity contribution < 1.29 is 9.52 Å². The molecule has 0 saturated heterocycles. The molecule has 4 aromatic carbocycles. The number of phenols is 1. The number of aromatic nitrogens is 2. The molecular formula is C36H34N2O2. The van der Waals surface area contributed by atoms with Crippen LogP contribution in [0.4, 0.5) is 0 Å². The predicted molar refractivity (Wildman–Crippen MR) is 165 cm³/mol. The average Bonchev–Trinajstić information content (AvgIpc) is 3.35. The first-order chi connectivity index (χ1) is 19.0. The van der Waals surface area contributed by atoms with Gasteiger partial charge < -0.3 is 9.52 Å². The van der Waals surface area contributed by atoms with Gasteiger partial charge in [-0.15, -0.1) is 0 Å². The van der Waals surface area contributed by atoms with Gasteiger partial charge in [-0.2, -0.15) is 0 Å². The molecule has 6 aromatic rings. The van der Waals surface area contributed by atoms with Crippen molar-refractivity contribution in [3.8, 4) is 39.6 Å². The Balaban J connectivity index is 1.62. The number of fused-ring (bicyclic) bond motifs is 2. The Morgan fingerprint density at radius 3 is 2.02 bits per heavy atom. The van der Waals surface area contributed by atoms with Crippen molar-refractivity contribution in [3.05, 3.63) is 102 Å². The number of nitrogens with zero attached hydrogens (tertiary/aromatic N) is 2. The topological polar surface area (TPSA) is 59.2 Å². The Hall–Kier alpha value is -4.44. The quantitative estimate of drug-likeness (QED) is 0.249. The van der Waals surface area contributed by atoms with Gasteiger partial charge in [-0.3, -0.25) is 4.98 Å². The predicted octanol–water partition coefficient (Wildman–Crippen LogP) is 9.68. The third kappa shape index (κ3) is 4.75. The number of oxazole rings is 1. The second-order valence-corrected chi connectivity index (χ2v) is 12.6. The lowest BCUT2D eigenvalue weighted by Crippen LogP contribution is -2.12. The summed E-state index contributed by atoms with van der Waals surface area (Å²) in [7, 11) is 0. The normalized spacial score (nSPS) is 12.3. The van der Waals surface area contributed by atoms with E-state index in [0.29, 0.717) is 17.0 Å². The van der Waals surface area contributed by atoms with E-state index in [1.165, 1.54) is 5.56 Å². The van der Waals surface area contributed by atoms with Crippen LogP contribution in [0.2, 0.25) is 0 Å². The summed E-state index contributed by atoms with van der Waals surface area (Å²) in [6.07, 6.45) is 1.95. The number of hydrogen-bond acceptors (Lipinski definition) is 4. The van der Waals surface area contributed by atoms with Gasteiger partial charge in [0, 0.05) is 22.7 Å². The van der Waals surface area contributed by atoms with Crippen LogP contribution in [0.3, 0.4) is 0 Å². The summed E-state index contributed by atoms with van der Waals surface area (Å²) >= 11 is 0. The number of phenolic OH excluding ortho intramolecular Hbond substituents is 1. The fourth-order valence-corrected chi connectivity index (χ4v) is 5.06. The van der Waals surface area contributed by atoms with Crippen LogP contribution in [0.5, 0.6) is 5.75 Å². The molecule has 4 heteroatoms. The maximum absolute atomic E-state index is 10.5. The zero-order valence-electron chi connectivity index (χ0n) is 23.9. The SMILES string of the molecule is CC(C)(C)c1cc(-c2cc3ccccc3cn2)cc(-c2cc(C(C)(C)C)cc3oc(-c4ccccc4O)nc23)c1. The standard InChI is InChI=1S/C36H34N2O2/c1-35(2,3)26-16-24(15-25(17-26)30-18-22-11-7-8-12-23(22)21-37-30)29-19-27(36(4,5)6)20-32-33(29)38-34(40-32)28-13-9-10-14-31(28)39/h7-21,39H,1-6H3. The molecule has 0 fully saturated rings. The van der Waals surface area contributed by atoms with Crippen LogP contribution in [-0.2, 0) is 10.8 Å². The Morgan fingerprint density at radius 1 is 0.650 bits per heavy atom. The van der Waals surface area contributed by atoms with Crippen LogP contribution in [0.1, 0.15) is 52.7 Å². The van der Waals surface area contributed by atoms with Crippen molar-refractivity contribution in [2.75, 3.05) is 0 Å². The first-order valence-corrected chi connectivity index (χ1v) is 13.7. The maximum Gasteiger partial charge on any atom is 0.231 e. The smallest absolute Gasteiger partial charge is 0.231 e. The molecule has 6 rings (SSSR count). The summed E-state index contributed by atoms with van der Waals surface area (Å²) in [5.41, 5.74) is 8.30. The van der Waals surface area contributed by atoms with Gasteiger partial charge in [-0.05, 0) is 75.4 Å². The Morgan fingerprint density at radius 2 is 1.30 bits per heavy atom. The Kier molecular flexibility index (Phi) is 6.03. The van der Waals surface area contributed by atoms with E-state index in [1.807, 2.05) is 24.4 Å². The van der Waals surface area contributed by atoms with Gasteiger partial charge in [0.25, 0.3) is 0 Å². The number of benzene rings is 4. The van der Waals surface area contributed by atoms with Crippen LogP contribution in [0.15, 0.2) is 95.5 Å². The highest BCUT2D eigenvalue weighted by atomic mass is 16.3. The van der Waals surface area contributed by atoms with Crippen molar-refractivity contribution >= 4 is 21.9 Å². The average molecular weight is 527 g/mol. The van der Waals surface area contributed by atoms with Crippen LogP contribution in [-0.4, -0.2) is 15.1 Å². The van der Waals surface area contributed by atoms with Gasteiger partial charge in [0.1, 0.15) is 11.3 Å². The zero-order valence-corrected chi connectivity index (χ0v) is 23.9. The third-order valence-corrected chi connectivity index (χ3v) is 7.53. The molecule has 0 amide bonds. The fourth-order valence-electron chi connectivity index (χ4n) is 5.06. The minimum absolute atomic E-state index is 0.0762. The van der Waals surface area contributed by atoms with E-state index < -0.39 is 0 Å². The molecule has 0 unspecified atom stereocenters. The van der Waals surface area contributed by atoms with Crippen LogP contribution < -0.4 is 0 Å². The Labute approximate surface area is 235 Å². The number of aromatic hydroxyl groups is 1. The van der Waals surface area contributed by atoms with E-state index >= 15 is 0 Å². The van der Waals surface area contributed by atoms with E-state index in [0.717, 1.165) is 44.2 Å². The van der Waals surface area contributed by atoms with Crippen molar-refractivity contribution in [1.29, 1.82) is 0 Å². The van der Waals surface area contributed by atoms with Gasteiger partial charge in [0.05, 0.1) is 11.3 Å². The molecule has 2 aromatic heterocycles. The molecule has 4 nitrogen and oxygen atoms in total. The number of hydrogen-bond donors (Lipinski definition) is 1. The van der Waals surface area contributed by atoms with E-state index in [4.69, 9.17) is 14.4 Å². The molecule has 0 radical (unpaired) electrons. The molecule has 0 atom stereocenters. The van der Waals surface area contributed by atoms with Gasteiger partial charge in [0.15, 0.2) is 5.58 Å². The van der Waals surface area contributed by atoms with E-state index in [2.05, 4.69) is 96.1 Å². The molecule has 1 N–H and O–H groups in total.